The van der Waals surface area contributed by atoms with Crippen LogP contribution in [0.2, 0.25) is 0 Å². The molecule has 2 aromatic carbocycles. The number of nitrogens with zero attached hydrogens (tertiary/aromatic N) is 3. The SMILES string of the molecule is CN(CCO)S(=O)(=O)c1ccc2nccc(Nc3ccc4scnc4c3)c2c1. The third-order valence-electron chi connectivity index (χ3n) is 4.45. The molecule has 28 heavy (non-hydrogen) atoms. The van der Waals surface area contributed by atoms with E-state index in [0.717, 1.165) is 25.9 Å². The first-order valence-corrected chi connectivity index (χ1v) is 10.9. The van der Waals surface area contributed by atoms with Crippen molar-refractivity contribution in [3.8, 4) is 0 Å². The van der Waals surface area contributed by atoms with Gasteiger partial charge in [-0.2, -0.15) is 4.31 Å². The van der Waals surface area contributed by atoms with E-state index in [-0.39, 0.29) is 18.0 Å². The Morgan fingerprint density at radius 2 is 1.96 bits per heavy atom. The van der Waals surface area contributed by atoms with Gasteiger partial charge in [-0.15, -0.1) is 11.3 Å². The van der Waals surface area contributed by atoms with E-state index >= 15 is 0 Å². The van der Waals surface area contributed by atoms with Crippen molar-refractivity contribution < 1.29 is 13.5 Å². The number of pyridine rings is 1. The molecule has 0 fully saturated rings. The van der Waals surface area contributed by atoms with Crippen molar-refractivity contribution in [3.05, 3.63) is 54.2 Å². The van der Waals surface area contributed by atoms with Gasteiger partial charge < -0.3 is 10.4 Å². The summed E-state index contributed by atoms with van der Waals surface area (Å²) in [5.74, 6) is 0. The number of likely N-dealkylation sites (N-methyl/N-ethyl adjacent to an activating group) is 1. The number of rotatable bonds is 6. The maximum Gasteiger partial charge on any atom is 0.242 e. The number of thiazole rings is 1. The van der Waals surface area contributed by atoms with Crippen LogP contribution in [0.3, 0.4) is 0 Å². The third kappa shape index (κ3) is 3.45. The van der Waals surface area contributed by atoms with E-state index in [4.69, 9.17) is 5.11 Å². The fraction of sp³-hybridized carbons (Fsp3) is 0.158. The zero-order valence-corrected chi connectivity index (χ0v) is 16.7. The summed E-state index contributed by atoms with van der Waals surface area (Å²) < 4.78 is 27.7. The molecule has 0 amide bonds. The quantitative estimate of drug-likeness (QED) is 0.503. The van der Waals surface area contributed by atoms with Crippen LogP contribution in [0.25, 0.3) is 21.1 Å². The Hall–Kier alpha value is -2.59. The number of sulfonamides is 1. The van der Waals surface area contributed by atoms with Crippen LogP contribution in [0.4, 0.5) is 11.4 Å². The molecule has 2 heterocycles. The molecule has 0 saturated heterocycles. The van der Waals surface area contributed by atoms with Crippen LogP contribution in [0.15, 0.2) is 59.1 Å². The van der Waals surface area contributed by atoms with Crippen molar-refractivity contribution in [2.75, 3.05) is 25.5 Å². The molecule has 0 spiro atoms. The van der Waals surface area contributed by atoms with Gasteiger partial charge in [0, 0.05) is 36.6 Å². The monoisotopic (exact) mass is 414 g/mol. The molecular weight excluding hydrogens is 396 g/mol. The van der Waals surface area contributed by atoms with Gasteiger partial charge in [-0.25, -0.2) is 13.4 Å². The Labute approximate surface area is 166 Å². The molecule has 0 bridgehead atoms. The lowest BCUT2D eigenvalue weighted by atomic mass is 10.2. The summed E-state index contributed by atoms with van der Waals surface area (Å²) in [6.45, 7) is -0.205. The van der Waals surface area contributed by atoms with E-state index in [1.54, 1.807) is 41.2 Å². The molecule has 0 aliphatic rings. The first-order chi connectivity index (χ1) is 13.5. The summed E-state index contributed by atoms with van der Waals surface area (Å²) in [6.07, 6.45) is 1.68. The minimum Gasteiger partial charge on any atom is -0.395 e. The normalized spacial score (nSPS) is 12.1. The van der Waals surface area contributed by atoms with Gasteiger partial charge in [0.1, 0.15) is 0 Å². The van der Waals surface area contributed by atoms with Crippen LogP contribution in [0.1, 0.15) is 0 Å². The number of aliphatic hydroxyl groups is 1. The van der Waals surface area contributed by atoms with E-state index in [2.05, 4.69) is 15.3 Å². The highest BCUT2D eigenvalue weighted by Gasteiger charge is 2.21. The van der Waals surface area contributed by atoms with E-state index < -0.39 is 10.0 Å². The second kappa shape index (κ2) is 7.44. The summed E-state index contributed by atoms with van der Waals surface area (Å²) in [5.41, 5.74) is 5.00. The maximum absolute atomic E-state index is 12.7. The molecule has 0 aliphatic heterocycles. The van der Waals surface area contributed by atoms with Gasteiger partial charge in [0.2, 0.25) is 10.0 Å². The average Bonchev–Trinajstić information content (AvgIpc) is 3.16. The number of benzene rings is 2. The summed E-state index contributed by atoms with van der Waals surface area (Å²) in [6, 6.07) is 12.5. The number of aromatic nitrogens is 2. The zero-order valence-electron chi connectivity index (χ0n) is 15.0. The predicted octanol–water partition coefficient (Wildman–Crippen LogP) is 3.20. The van der Waals surface area contributed by atoms with Crippen LogP contribution >= 0.6 is 11.3 Å². The zero-order chi connectivity index (χ0) is 19.7. The van der Waals surface area contributed by atoms with Crippen LogP contribution < -0.4 is 5.32 Å². The Morgan fingerprint density at radius 3 is 2.79 bits per heavy atom. The van der Waals surface area contributed by atoms with Gasteiger partial charge in [-0.05, 0) is 42.5 Å². The lowest BCUT2D eigenvalue weighted by Gasteiger charge is -2.17. The number of anilines is 2. The molecule has 2 N–H and O–H groups in total. The maximum atomic E-state index is 12.7. The van der Waals surface area contributed by atoms with Crippen molar-refractivity contribution in [3.63, 3.8) is 0 Å². The molecule has 2 aromatic heterocycles. The molecule has 0 aliphatic carbocycles. The third-order valence-corrected chi connectivity index (χ3v) is 7.11. The molecule has 0 saturated carbocycles. The minimum absolute atomic E-state index is 0.0339. The van der Waals surface area contributed by atoms with Crippen LogP contribution in [0, 0.1) is 0 Å². The van der Waals surface area contributed by atoms with Crippen LogP contribution in [0.5, 0.6) is 0 Å². The second-order valence-electron chi connectivity index (χ2n) is 6.25. The van der Waals surface area contributed by atoms with Gasteiger partial charge in [-0.3, -0.25) is 4.98 Å². The largest absolute Gasteiger partial charge is 0.395 e. The number of aliphatic hydroxyl groups excluding tert-OH is 1. The summed E-state index contributed by atoms with van der Waals surface area (Å²) in [4.78, 5) is 8.81. The van der Waals surface area contributed by atoms with E-state index in [0.29, 0.717) is 10.9 Å². The minimum atomic E-state index is -3.69. The van der Waals surface area contributed by atoms with Gasteiger partial charge in [0.25, 0.3) is 0 Å². The lowest BCUT2D eigenvalue weighted by molar-refractivity contribution is 0.266. The van der Waals surface area contributed by atoms with Crippen molar-refractivity contribution in [1.82, 2.24) is 14.3 Å². The smallest absolute Gasteiger partial charge is 0.242 e. The number of hydrogen-bond donors (Lipinski definition) is 2. The molecule has 4 rings (SSSR count). The molecule has 4 aromatic rings. The standard InChI is InChI=1S/C19H18N4O3S2/c1-23(8-9-24)28(25,26)14-3-4-16-15(11-14)17(6-7-20-16)22-13-2-5-19-18(10-13)21-12-27-19/h2-7,10-12,24H,8-9H2,1H3,(H,20,22). The molecule has 144 valence electrons. The Bertz CT molecular complexity index is 1250. The molecule has 0 unspecified atom stereocenters. The fourth-order valence-electron chi connectivity index (χ4n) is 2.93. The van der Waals surface area contributed by atoms with Crippen LogP contribution in [-0.2, 0) is 10.0 Å². The highest BCUT2D eigenvalue weighted by molar-refractivity contribution is 7.89. The fourth-order valence-corrected chi connectivity index (χ4v) is 4.77. The molecule has 0 radical (unpaired) electrons. The number of nitrogens with one attached hydrogen (secondary N) is 1. The van der Waals surface area contributed by atoms with Gasteiger partial charge in [0.15, 0.2) is 0 Å². The summed E-state index contributed by atoms with van der Waals surface area (Å²) in [7, 11) is -2.25. The molecule has 0 atom stereocenters. The molecular formula is C19H18N4O3S2. The van der Waals surface area contributed by atoms with E-state index in [1.807, 2.05) is 18.2 Å². The van der Waals surface area contributed by atoms with Crippen molar-refractivity contribution >= 4 is 53.9 Å². The Balaban J connectivity index is 1.76. The first kappa shape index (κ1) is 18.8. The lowest BCUT2D eigenvalue weighted by Crippen LogP contribution is -2.29. The van der Waals surface area contributed by atoms with Gasteiger partial charge in [0.05, 0.1) is 32.7 Å². The summed E-state index contributed by atoms with van der Waals surface area (Å²) in [5, 5.41) is 13.1. The van der Waals surface area contributed by atoms with Crippen molar-refractivity contribution in [2.24, 2.45) is 0 Å². The molecule has 9 heteroatoms. The summed E-state index contributed by atoms with van der Waals surface area (Å²) >= 11 is 1.58. The van der Waals surface area contributed by atoms with Gasteiger partial charge >= 0.3 is 0 Å². The molecule has 7 nitrogen and oxygen atoms in total. The van der Waals surface area contributed by atoms with Crippen molar-refractivity contribution in [2.45, 2.75) is 4.90 Å². The highest BCUT2D eigenvalue weighted by atomic mass is 32.2. The Morgan fingerprint density at radius 1 is 1.11 bits per heavy atom. The highest BCUT2D eigenvalue weighted by Crippen LogP contribution is 2.30. The number of fused-ring (bicyclic) bond motifs is 2. The van der Waals surface area contributed by atoms with E-state index in [9.17, 15) is 8.42 Å². The predicted molar refractivity (Wildman–Crippen MR) is 112 cm³/mol. The van der Waals surface area contributed by atoms with Gasteiger partial charge in [-0.1, -0.05) is 0 Å². The van der Waals surface area contributed by atoms with Crippen LogP contribution in [-0.4, -0.2) is 48.0 Å². The number of hydrogen-bond acceptors (Lipinski definition) is 7. The average molecular weight is 415 g/mol. The van der Waals surface area contributed by atoms with Crippen molar-refractivity contribution in [1.29, 1.82) is 0 Å². The van der Waals surface area contributed by atoms with E-state index in [1.165, 1.54) is 13.1 Å². The second-order valence-corrected chi connectivity index (χ2v) is 9.18. The topological polar surface area (TPSA) is 95.4 Å². The first-order valence-electron chi connectivity index (χ1n) is 8.55. The Kier molecular flexibility index (Phi) is 4.98.